The summed E-state index contributed by atoms with van der Waals surface area (Å²) in [4.78, 5) is 72.5. The molecule has 2 unspecified atom stereocenters. The minimum Gasteiger partial charge on any atom is -0.462 e. The molecule has 0 spiro atoms. The summed E-state index contributed by atoms with van der Waals surface area (Å²) in [5, 5.41) is 10.6. The summed E-state index contributed by atoms with van der Waals surface area (Å²) in [7, 11) is -9.90. The summed E-state index contributed by atoms with van der Waals surface area (Å²) in [6.45, 7) is 11.7. The number of phosphoric acid groups is 2. The van der Waals surface area contributed by atoms with Crippen LogP contribution in [-0.4, -0.2) is 96.7 Å². The molecule has 0 rings (SSSR count). The Kier molecular flexibility index (Phi) is 59.6. The maximum atomic E-state index is 13.0. The van der Waals surface area contributed by atoms with Crippen molar-refractivity contribution in [3.63, 3.8) is 0 Å². The van der Waals surface area contributed by atoms with Crippen molar-refractivity contribution in [1.29, 1.82) is 0 Å². The molecule has 0 radical (unpaired) electrons. The summed E-state index contributed by atoms with van der Waals surface area (Å²) < 4.78 is 68.2. The largest absolute Gasteiger partial charge is 0.472 e. The lowest BCUT2D eigenvalue weighted by Gasteiger charge is -2.21. The highest BCUT2D eigenvalue weighted by molar-refractivity contribution is 7.47. The van der Waals surface area contributed by atoms with E-state index < -0.39 is 97.5 Å². The highest BCUT2D eigenvalue weighted by Gasteiger charge is 2.30. The molecule has 89 heavy (non-hydrogen) atoms. The van der Waals surface area contributed by atoms with Crippen molar-refractivity contribution in [1.82, 2.24) is 0 Å². The maximum Gasteiger partial charge on any atom is 0.472 e. The molecule has 0 amide bonds. The predicted molar refractivity (Wildman–Crippen MR) is 358 cm³/mol. The van der Waals surface area contributed by atoms with Crippen LogP contribution in [0.3, 0.4) is 0 Å². The SMILES string of the molecule is CCCCCCCCCCCCCCCCCCC(=O)O[C@H](COC(=O)CCCCCCCCCCCCCC(C)C)COP(=O)(O)OC[C@@H](O)COP(=O)(O)OC[C@@H](COC(=O)CCCCCCCCC(C)C)OC(=O)CCCCCCCCCC(C)C. The van der Waals surface area contributed by atoms with E-state index in [4.69, 9.17) is 37.0 Å². The summed E-state index contributed by atoms with van der Waals surface area (Å²) in [5.74, 6) is 0.0166. The van der Waals surface area contributed by atoms with Gasteiger partial charge in [-0.1, -0.05) is 299 Å². The molecule has 0 aromatic heterocycles. The van der Waals surface area contributed by atoms with Crippen molar-refractivity contribution >= 4 is 39.5 Å². The normalized spacial score (nSPS) is 14.2. The average Bonchev–Trinajstić information content (AvgIpc) is 3.70. The number of esters is 4. The first-order valence-corrected chi connectivity index (χ1v) is 39.3. The number of hydrogen-bond donors (Lipinski definition) is 3. The summed E-state index contributed by atoms with van der Waals surface area (Å²) in [6.07, 6.45) is 44.7. The highest BCUT2D eigenvalue weighted by atomic mass is 31.2. The number of unbranched alkanes of at least 4 members (excludes halogenated alkanes) is 36. The molecule has 528 valence electrons. The van der Waals surface area contributed by atoms with Gasteiger partial charge in [0, 0.05) is 25.7 Å². The first-order chi connectivity index (χ1) is 42.7. The van der Waals surface area contributed by atoms with E-state index in [1.807, 2.05) is 0 Å². The second-order valence-corrected chi connectivity index (χ2v) is 29.6. The van der Waals surface area contributed by atoms with Crippen molar-refractivity contribution in [3.05, 3.63) is 0 Å². The van der Waals surface area contributed by atoms with Gasteiger partial charge in [-0.2, -0.15) is 0 Å². The van der Waals surface area contributed by atoms with Crippen LogP contribution < -0.4 is 0 Å². The summed E-state index contributed by atoms with van der Waals surface area (Å²) in [5.41, 5.74) is 0. The van der Waals surface area contributed by atoms with Gasteiger partial charge in [0.1, 0.15) is 19.3 Å². The minimum atomic E-state index is -4.95. The third kappa shape index (κ3) is 64.6. The van der Waals surface area contributed by atoms with E-state index in [0.717, 1.165) is 102 Å². The Labute approximate surface area is 543 Å². The zero-order valence-corrected chi connectivity index (χ0v) is 59.7. The Hall–Kier alpha value is -1.94. The highest BCUT2D eigenvalue weighted by Crippen LogP contribution is 2.45. The van der Waals surface area contributed by atoms with Crippen molar-refractivity contribution in [2.75, 3.05) is 39.6 Å². The fourth-order valence-electron chi connectivity index (χ4n) is 10.5. The molecule has 0 aliphatic rings. The van der Waals surface area contributed by atoms with Crippen LogP contribution in [0.4, 0.5) is 0 Å². The minimum absolute atomic E-state index is 0.102. The predicted octanol–water partition coefficient (Wildman–Crippen LogP) is 19.8. The third-order valence-electron chi connectivity index (χ3n) is 16.1. The van der Waals surface area contributed by atoms with Crippen LogP contribution in [0.1, 0.15) is 350 Å². The number of phosphoric ester groups is 2. The summed E-state index contributed by atoms with van der Waals surface area (Å²) in [6, 6.07) is 0. The zero-order chi connectivity index (χ0) is 65.9. The van der Waals surface area contributed by atoms with Crippen LogP contribution in [0, 0.1) is 17.8 Å². The van der Waals surface area contributed by atoms with Gasteiger partial charge in [0.15, 0.2) is 12.2 Å². The lowest BCUT2D eigenvalue weighted by Crippen LogP contribution is -2.30. The van der Waals surface area contributed by atoms with E-state index in [1.165, 1.54) is 154 Å². The van der Waals surface area contributed by atoms with E-state index in [1.54, 1.807) is 0 Å². The van der Waals surface area contributed by atoms with E-state index in [2.05, 4.69) is 48.5 Å². The first kappa shape index (κ1) is 87.1. The molecule has 0 aliphatic carbocycles. The van der Waals surface area contributed by atoms with Crippen molar-refractivity contribution in [3.8, 4) is 0 Å². The Morgan fingerprint density at radius 2 is 0.517 bits per heavy atom. The Balaban J connectivity index is 5.23. The molecular weight excluding hydrogens is 1170 g/mol. The van der Waals surface area contributed by atoms with Crippen LogP contribution in [0.5, 0.6) is 0 Å². The number of hydrogen-bond acceptors (Lipinski definition) is 15. The molecule has 5 atom stereocenters. The molecule has 0 bridgehead atoms. The van der Waals surface area contributed by atoms with Crippen LogP contribution in [0.25, 0.3) is 0 Å². The van der Waals surface area contributed by atoms with E-state index in [-0.39, 0.29) is 25.7 Å². The molecule has 0 aliphatic heterocycles. The zero-order valence-electron chi connectivity index (χ0n) is 57.9. The molecule has 19 heteroatoms. The van der Waals surface area contributed by atoms with Gasteiger partial charge in [-0.05, 0) is 43.4 Å². The lowest BCUT2D eigenvalue weighted by molar-refractivity contribution is -0.161. The third-order valence-corrected chi connectivity index (χ3v) is 18.0. The number of rotatable bonds is 68. The number of aliphatic hydroxyl groups excluding tert-OH is 1. The Bertz CT molecular complexity index is 1750. The average molecular weight is 1310 g/mol. The molecule has 0 aromatic rings. The van der Waals surface area contributed by atoms with Gasteiger partial charge in [0.2, 0.25) is 0 Å². The van der Waals surface area contributed by atoms with Gasteiger partial charge in [-0.15, -0.1) is 0 Å². The van der Waals surface area contributed by atoms with E-state index in [9.17, 15) is 43.2 Å². The molecule has 0 heterocycles. The van der Waals surface area contributed by atoms with Gasteiger partial charge in [-0.3, -0.25) is 37.3 Å². The smallest absolute Gasteiger partial charge is 0.462 e. The van der Waals surface area contributed by atoms with Crippen LogP contribution in [0.15, 0.2) is 0 Å². The van der Waals surface area contributed by atoms with Crippen molar-refractivity contribution < 1.29 is 80.2 Å². The Morgan fingerprint density at radius 1 is 0.303 bits per heavy atom. The van der Waals surface area contributed by atoms with E-state index >= 15 is 0 Å². The molecule has 0 aromatic carbocycles. The van der Waals surface area contributed by atoms with Crippen LogP contribution in [-0.2, 0) is 65.4 Å². The fourth-order valence-corrected chi connectivity index (χ4v) is 12.1. The number of carbonyl (C=O) groups excluding carboxylic acids is 4. The van der Waals surface area contributed by atoms with Crippen molar-refractivity contribution in [2.24, 2.45) is 17.8 Å². The van der Waals surface area contributed by atoms with Gasteiger partial charge >= 0.3 is 39.5 Å². The van der Waals surface area contributed by atoms with Crippen LogP contribution in [0.2, 0.25) is 0 Å². The number of carbonyl (C=O) groups is 4. The second-order valence-electron chi connectivity index (χ2n) is 26.7. The van der Waals surface area contributed by atoms with Gasteiger partial charge in [0.25, 0.3) is 0 Å². The lowest BCUT2D eigenvalue weighted by atomic mass is 10.0. The van der Waals surface area contributed by atoms with Gasteiger partial charge in [-0.25, -0.2) is 9.13 Å². The standard InChI is InChI=1S/C70H136O17P2/c1-8-9-10-11-12-13-14-15-16-17-18-21-25-30-39-46-53-69(74)86-65(57-80-67(72)51-44-37-29-24-22-19-20-23-27-34-41-48-61(2)3)59-84-88(76,77)82-55-64(71)56-83-89(78,79)85-60-66(58-81-68(73)52-45-38-33-32-36-43-50-63(6)7)87-70(75)54-47-40-31-26-28-35-42-49-62(4)5/h61-66,71H,8-60H2,1-7H3,(H,76,77)(H,78,79)/t64-,65-,66-/m1/s1. The quantitative estimate of drug-likeness (QED) is 0.0222. The molecular formula is C70H136O17P2. The monoisotopic (exact) mass is 1310 g/mol. The first-order valence-electron chi connectivity index (χ1n) is 36.3. The molecule has 17 nitrogen and oxygen atoms in total. The number of aliphatic hydroxyl groups is 1. The Morgan fingerprint density at radius 3 is 0.764 bits per heavy atom. The number of ether oxygens (including phenoxy) is 4. The molecule has 0 fully saturated rings. The van der Waals surface area contributed by atoms with Gasteiger partial charge < -0.3 is 33.8 Å². The topological polar surface area (TPSA) is 237 Å². The molecule has 3 N–H and O–H groups in total. The second kappa shape index (κ2) is 61.0. The van der Waals surface area contributed by atoms with Crippen molar-refractivity contribution in [2.45, 2.75) is 369 Å². The molecule has 0 saturated carbocycles. The maximum absolute atomic E-state index is 13.0. The molecule has 0 saturated heterocycles. The van der Waals surface area contributed by atoms with Gasteiger partial charge in [0.05, 0.1) is 26.4 Å². The van der Waals surface area contributed by atoms with E-state index in [0.29, 0.717) is 37.5 Å². The fraction of sp³-hybridized carbons (Fsp3) is 0.943. The van der Waals surface area contributed by atoms with Crippen LogP contribution >= 0.6 is 15.6 Å². The summed E-state index contributed by atoms with van der Waals surface area (Å²) >= 11 is 0.